The second kappa shape index (κ2) is 9.35. The fraction of sp³-hybridized carbons (Fsp3) is 0.158. The van der Waals surface area contributed by atoms with Crippen molar-refractivity contribution in [3.05, 3.63) is 59.3 Å². The number of hydrogen-bond acceptors (Lipinski definition) is 5. The molecular weight excluding hydrogens is 354 g/mol. The predicted octanol–water partition coefficient (Wildman–Crippen LogP) is 4.21. The van der Waals surface area contributed by atoms with Crippen molar-refractivity contribution in [1.29, 1.82) is 5.26 Å². The van der Waals surface area contributed by atoms with Gasteiger partial charge in [-0.1, -0.05) is 11.6 Å². The number of halogens is 1. The van der Waals surface area contributed by atoms with Gasteiger partial charge >= 0.3 is 0 Å². The van der Waals surface area contributed by atoms with Crippen LogP contribution >= 0.6 is 11.6 Å². The molecule has 0 spiro atoms. The van der Waals surface area contributed by atoms with Gasteiger partial charge in [-0.15, -0.1) is 0 Å². The number of nitrogens with zero attached hydrogens (tertiary/aromatic N) is 1. The fourth-order valence-electron chi connectivity index (χ4n) is 2.09. The van der Waals surface area contributed by atoms with Crippen molar-refractivity contribution in [2.45, 2.75) is 6.92 Å². The standard InChI is InChI=1S/C19H18ClN3O3/c1-3-26-16-7-5-15(6-8-16)22-12-13(11-21)19(24)23-17-10-14(20)4-9-18(17)25-2/h4-10,12,22H,3H2,1-2H3,(H,23,24)/b13-12-. The van der Waals surface area contributed by atoms with Crippen LogP contribution in [0.4, 0.5) is 11.4 Å². The van der Waals surface area contributed by atoms with E-state index >= 15 is 0 Å². The van der Waals surface area contributed by atoms with Crippen LogP contribution in [0.15, 0.2) is 54.2 Å². The van der Waals surface area contributed by atoms with E-state index < -0.39 is 5.91 Å². The Hall–Kier alpha value is -3.17. The Bertz CT molecular complexity index is 842. The fourth-order valence-corrected chi connectivity index (χ4v) is 2.26. The molecule has 2 N–H and O–H groups in total. The predicted molar refractivity (Wildman–Crippen MR) is 102 cm³/mol. The van der Waals surface area contributed by atoms with Gasteiger partial charge in [0.15, 0.2) is 0 Å². The van der Waals surface area contributed by atoms with Crippen LogP contribution < -0.4 is 20.1 Å². The highest BCUT2D eigenvalue weighted by atomic mass is 35.5. The van der Waals surface area contributed by atoms with E-state index in [1.807, 2.05) is 13.0 Å². The van der Waals surface area contributed by atoms with E-state index in [0.717, 1.165) is 5.75 Å². The topological polar surface area (TPSA) is 83.4 Å². The highest BCUT2D eigenvalue weighted by Gasteiger charge is 2.12. The minimum atomic E-state index is -0.577. The first-order valence-corrected chi connectivity index (χ1v) is 8.19. The third kappa shape index (κ3) is 5.16. The zero-order valence-corrected chi connectivity index (χ0v) is 15.1. The number of methoxy groups -OCH3 is 1. The summed E-state index contributed by atoms with van der Waals surface area (Å²) in [5.41, 5.74) is 1.00. The molecule has 0 fully saturated rings. The van der Waals surface area contributed by atoms with Crippen molar-refractivity contribution in [2.75, 3.05) is 24.4 Å². The van der Waals surface area contributed by atoms with Crippen LogP contribution in [0.1, 0.15) is 6.92 Å². The van der Waals surface area contributed by atoms with Gasteiger partial charge < -0.3 is 20.1 Å². The van der Waals surface area contributed by atoms with Gasteiger partial charge in [-0.2, -0.15) is 5.26 Å². The summed E-state index contributed by atoms with van der Waals surface area (Å²) in [4.78, 5) is 12.3. The van der Waals surface area contributed by atoms with E-state index in [4.69, 9.17) is 21.1 Å². The molecule has 26 heavy (non-hydrogen) atoms. The Morgan fingerprint density at radius 2 is 2.00 bits per heavy atom. The van der Waals surface area contributed by atoms with Gasteiger partial charge in [0.2, 0.25) is 0 Å². The van der Waals surface area contributed by atoms with Crippen LogP contribution in [-0.2, 0) is 4.79 Å². The summed E-state index contributed by atoms with van der Waals surface area (Å²) in [6, 6.07) is 13.8. The molecule has 0 saturated carbocycles. The van der Waals surface area contributed by atoms with Gasteiger partial charge in [0.05, 0.1) is 19.4 Å². The first-order chi connectivity index (χ1) is 12.6. The molecule has 6 nitrogen and oxygen atoms in total. The maximum atomic E-state index is 12.3. The second-order valence-electron chi connectivity index (χ2n) is 5.07. The summed E-state index contributed by atoms with van der Waals surface area (Å²) in [6.45, 7) is 2.49. The van der Waals surface area contributed by atoms with Crippen molar-refractivity contribution in [2.24, 2.45) is 0 Å². The highest BCUT2D eigenvalue weighted by Crippen LogP contribution is 2.28. The smallest absolute Gasteiger partial charge is 0.267 e. The van der Waals surface area contributed by atoms with Crippen LogP contribution in [0.2, 0.25) is 5.02 Å². The number of rotatable bonds is 7. The van der Waals surface area contributed by atoms with E-state index in [-0.39, 0.29) is 5.57 Å². The average Bonchev–Trinajstić information content (AvgIpc) is 2.64. The minimum absolute atomic E-state index is 0.0964. The zero-order chi connectivity index (χ0) is 18.9. The number of carbonyl (C=O) groups excluding carboxylic acids is 1. The molecule has 0 aliphatic carbocycles. The molecule has 0 saturated heterocycles. The lowest BCUT2D eigenvalue weighted by atomic mass is 10.2. The van der Waals surface area contributed by atoms with Crippen LogP contribution in [0, 0.1) is 11.3 Å². The maximum absolute atomic E-state index is 12.3. The number of benzene rings is 2. The van der Waals surface area contributed by atoms with E-state index in [9.17, 15) is 10.1 Å². The van der Waals surface area contributed by atoms with Gasteiger partial charge in [0.25, 0.3) is 5.91 Å². The molecule has 0 aliphatic heterocycles. The number of amides is 1. The van der Waals surface area contributed by atoms with Gasteiger partial charge in [-0.25, -0.2) is 0 Å². The van der Waals surface area contributed by atoms with Gasteiger partial charge in [-0.05, 0) is 49.4 Å². The second-order valence-corrected chi connectivity index (χ2v) is 5.51. The molecule has 2 aromatic rings. The lowest BCUT2D eigenvalue weighted by Crippen LogP contribution is -2.15. The van der Waals surface area contributed by atoms with Crippen molar-refractivity contribution < 1.29 is 14.3 Å². The molecule has 0 heterocycles. The van der Waals surface area contributed by atoms with Gasteiger partial charge in [0.1, 0.15) is 23.1 Å². The molecule has 0 atom stereocenters. The van der Waals surface area contributed by atoms with Crippen molar-refractivity contribution in [3.63, 3.8) is 0 Å². The Morgan fingerprint density at radius 3 is 2.62 bits per heavy atom. The third-order valence-electron chi connectivity index (χ3n) is 3.32. The van der Waals surface area contributed by atoms with Gasteiger partial charge in [0, 0.05) is 16.9 Å². The van der Waals surface area contributed by atoms with E-state index in [0.29, 0.717) is 28.8 Å². The Labute approximate surface area is 157 Å². The summed E-state index contributed by atoms with van der Waals surface area (Å²) in [5, 5.41) is 15.2. The highest BCUT2D eigenvalue weighted by molar-refractivity contribution is 6.31. The third-order valence-corrected chi connectivity index (χ3v) is 3.56. The lowest BCUT2D eigenvalue weighted by molar-refractivity contribution is -0.112. The normalized spacial score (nSPS) is 10.6. The van der Waals surface area contributed by atoms with Crippen molar-refractivity contribution in [1.82, 2.24) is 0 Å². The number of nitriles is 1. The first-order valence-electron chi connectivity index (χ1n) is 7.82. The van der Waals surface area contributed by atoms with Crippen LogP contribution in [0.25, 0.3) is 0 Å². The van der Waals surface area contributed by atoms with Crippen LogP contribution in [0.3, 0.4) is 0 Å². The van der Waals surface area contributed by atoms with E-state index in [2.05, 4.69) is 10.6 Å². The largest absolute Gasteiger partial charge is 0.495 e. The van der Waals surface area contributed by atoms with Crippen molar-refractivity contribution >= 4 is 28.9 Å². The molecule has 2 rings (SSSR count). The average molecular weight is 372 g/mol. The molecule has 0 bridgehead atoms. The summed E-state index contributed by atoms with van der Waals surface area (Å²) in [6.07, 6.45) is 1.34. The Kier molecular flexibility index (Phi) is 6.89. The first kappa shape index (κ1) is 19.2. The Morgan fingerprint density at radius 1 is 1.27 bits per heavy atom. The summed E-state index contributed by atoms with van der Waals surface area (Å²) >= 11 is 5.94. The monoisotopic (exact) mass is 371 g/mol. The number of ether oxygens (including phenoxy) is 2. The quantitative estimate of drug-likeness (QED) is 0.562. The lowest BCUT2D eigenvalue weighted by Gasteiger charge is -2.10. The molecular formula is C19H18ClN3O3. The molecule has 7 heteroatoms. The summed E-state index contributed by atoms with van der Waals surface area (Å²) in [5.74, 6) is 0.611. The molecule has 0 radical (unpaired) electrons. The van der Waals surface area contributed by atoms with Crippen LogP contribution in [0.5, 0.6) is 11.5 Å². The summed E-state index contributed by atoms with van der Waals surface area (Å²) < 4.78 is 10.5. The number of anilines is 2. The molecule has 0 aromatic heterocycles. The molecule has 0 aliphatic rings. The number of nitrogens with one attached hydrogen (secondary N) is 2. The maximum Gasteiger partial charge on any atom is 0.267 e. The SMILES string of the molecule is CCOc1ccc(N/C=C(/C#N)C(=O)Nc2cc(Cl)ccc2OC)cc1. The molecule has 1 amide bonds. The number of hydrogen-bond donors (Lipinski definition) is 2. The molecule has 134 valence electrons. The van der Waals surface area contributed by atoms with Gasteiger partial charge in [-0.3, -0.25) is 4.79 Å². The van der Waals surface area contributed by atoms with E-state index in [1.54, 1.807) is 42.5 Å². The zero-order valence-electron chi connectivity index (χ0n) is 14.4. The molecule has 2 aromatic carbocycles. The Balaban J connectivity index is 2.09. The van der Waals surface area contributed by atoms with Crippen molar-refractivity contribution in [3.8, 4) is 17.6 Å². The minimum Gasteiger partial charge on any atom is -0.495 e. The van der Waals surface area contributed by atoms with E-state index in [1.165, 1.54) is 13.3 Å². The van der Waals surface area contributed by atoms with Crippen LogP contribution in [-0.4, -0.2) is 19.6 Å². The number of carbonyl (C=O) groups is 1. The summed E-state index contributed by atoms with van der Waals surface area (Å²) in [7, 11) is 1.48. The molecule has 0 unspecified atom stereocenters.